The van der Waals surface area contributed by atoms with Gasteiger partial charge >= 0.3 is 17.3 Å². The Bertz CT molecular complexity index is 1310. The molecule has 0 atom stereocenters. The average Bonchev–Trinajstić information content (AvgIpc) is 2.77. The van der Waals surface area contributed by atoms with Gasteiger partial charge in [0.1, 0.15) is 0 Å². The standard InChI is InChI=1S/C21H18ClF3N4O3/c1-27-16-10-14(22)11-26-17(16)29(20(32)19(27)31)15-6-8-28(9-7-15)18(30)12-2-4-13(5-3-12)21(23,24)25/h2-5,10-11,15H,6-9H2,1H3. The lowest BCUT2D eigenvalue weighted by molar-refractivity contribution is -0.137. The Labute approximate surface area is 184 Å². The van der Waals surface area contributed by atoms with Gasteiger partial charge < -0.3 is 9.47 Å². The van der Waals surface area contributed by atoms with Crippen LogP contribution in [0.3, 0.4) is 0 Å². The molecule has 11 heteroatoms. The van der Waals surface area contributed by atoms with Crippen molar-refractivity contribution in [1.82, 2.24) is 19.0 Å². The molecule has 2 aromatic heterocycles. The molecule has 1 amide bonds. The van der Waals surface area contributed by atoms with Gasteiger partial charge in [-0.05, 0) is 43.2 Å². The van der Waals surface area contributed by atoms with Crippen LogP contribution in [0.2, 0.25) is 5.02 Å². The first kappa shape index (κ1) is 22.1. The third kappa shape index (κ3) is 3.90. The number of hydrogen-bond acceptors (Lipinski definition) is 4. The number of amides is 1. The average molecular weight is 467 g/mol. The van der Waals surface area contributed by atoms with E-state index in [1.165, 1.54) is 27.3 Å². The number of halogens is 4. The van der Waals surface area contributed by atoms with Gasteiger partial charge in [0, 0.05) is 37.9 Å². The van der Waals surface area contributed by atoms with Crippen molar-refractivity contribution >= 4 is 28.7 Å². The van der Waals surface area contributed by atoms with Crippen LogP contribution < -0.4 is 11.1 Å². The Balaban J connectivity index is 1.57. The number of carbonyl (C=O) groups is 1. The highest BCUT2D eigenvalue weighted by atomic mass is 35.5. The summed E-state index contributed by atoms with van der Waals surface area (Å²) in [5.41, 5.74) is -1.33. The van der Waals surface area contributed by atoms with Gasteiger partial charge in [-0.25, -0.2) is 4.98 Å². The number of pyridine rings is 1. The quantitative estimate of drug-likeness (QED) is 0.543. The van der Waals surface area contributed by atoms with E-state index in [-0.39, 0.29) is 30.6 Å². The highest BCUT2D eigenvalue weighted by Gasteiger charge is 2.31. The number of aryl methyl sites for hydroxylation is 1. The van der Waals surface area contributed by atoms with E-state index >= 15 is 0 Å². The molecule has 3 heterocycles. The lowest BCUT2D eigenvalue weighted by Gasteiger charge is -2.33. The van der Waals surface area contributed by atoms with E-state index in [2.05, 4.69) is 4.98 Å². The lowest BCUT2D eigenvalue weighted by atomic mass is 10.0. The number of carbonyl (C=O) groups excluding carboxylic acids is 1. The summed E-state index contributed by atoms with van der Waals surface area (Å²) in [5, 5.41) is 0.328. The molecular formula is C21H18ClF3N4O3. The molecule has 1 saturated heterocycles. The Kier molecular flexibility index (Phi) is 5.58. The van der Waals surface area contributed by atoms with E-state index in [0.29, 0.717) is 29.0 Å². The molecule has 1 aromatic carbocycles. The second kappa shape index (κ2) is 8.09. The van der Waals surface area contributed by atoms with Crippen molar-refractivity contribution in [1.29, 1.82) is 0 Å². The smallest absolute Gasteiger partial charge is 0.338 e. The zero-order valence-corrected chi connectivity index (χ0v) is 17.7. The number of alkyl halides is 3. The maximum atomic E-state index is 12.7. The number of rotatable bonds is 2. The second-order valence-electron chi connectivity index (χ2n) is 7.63. The molecule has 1 fully saturated rings. The second-order valence-corrected chi connectivity index (χ2v) is 8.07. The largest absolute Gasteiger partial charge is 0.416 e. The summed E-state index contributed by atoms with van der Waals surface area (Å²) in [4.78, 5) is 43.6. The van der Waals surface area contributed by atoms with Crippen molar-refractivity contribution in [3.05, 3.63) is 73.4 Å². The molecule has 0 radical (unpaired) electrons. The third-order valence-electron chi connectivity index (χ3n) is 5.69. The molecule has 32 heavy (non-hydrogen) atoms. The first-order chi connectivity index (χ1) is 15.1. The normalized spacial score (nSPS) is 15.3. The topological polar surface area (TPSA) is 77.2 Å². The molecule has 7 nitrogen and oxygen atoms in total. The van der Waals surface area contributed by atoms with Crippen LogP contribution in [0.5, 0.6) is 0 Å². The van der Waals surface area contributed by atoms with Crippen molar-refractivity contribution in [2.24, 2.45) is 7.05 Å². The molecule has 0 N–H and O–H groups in total. The summed E-state index contributed by atoms with van der Waals surface area (Å²) in [6.07, 6.45) is -2.30. The van der Waals surface area contributed by atoms with Gasteiger partial charge in [0.2, 0.25) is 0 Å². The fourth-order valence-electron chi connectivity index (χ4n) is 3.96. The summed E-state index contributed by atoms with van der Waals surface area (Å²) in [6, 6.07) is 5.27. The van der Waals surface area contributed by atoms with E-state index in [9.17, 15) is 27.6 Å². The van der Waals surface area contributed by atoms with Crippen molar-refractivity contribution in [3.63, 3.8) is 0 Å². The van der Waals surface area contributed by atoms with Gasteiger partial charge in [0.15, 0.2) is 5.65 Å². The SMILES string of the molecule is Cn1c(=O)c(=O)n(C2CCN(C(=O)c3ccc(C(F)(F)F)cc3)CC2)c2ncc(Cl)cc21. The van der Waals surface area contributed by atoms with Crippen molar-refractivity contribution in [2.75, 3.05) is 13.1 Å². The molecule has 0 bridgehead atoms. The van der Waals surface area contributed by atoms with Gasteiger partial charge in [0.05, 0.1) is 16.1 Å². The highest BCUT2D eigenvalue weighted by molar-refractivity contribution is 6.31. The van der Waals surface area contributed by atoms with Crippen LogP contribution in [0.1, 0.15) is 34.8 Å². The predicted octanol–water partition coefficient (Wildman–Crippen LogP) is 3.24. The highest BCUT2D eigenvalue weighted by Crippen LogP contribution is 2.30. The number of aromatic nitrogens is 3. The van der Waals surface area contributed by atoms with E-state index in [1.807, 2.05) is 0 Å². The zero-order chi connectivity index (χ0) is 23.2. The van der Waals surface area contributed by atoms with Crippen molar-refractivity contribution in [2.45, 2.75) is 25.1 Å². The Morgan fingerprint density at radius 3 is 2.31 bits per heavy atom. The van der Waals surface area contributed by atoms with Crippen LogP contribution in [-0.4, -0.2) is 38.0 Å². The fraction of sp³-hybridized carbons (Fsp3) is 0.333. The number of piperidine rings is 1. The Morgan fingerprint density at radius 2 is 1.72 bits per heavy atom. The van der Waals surface area contributed by atoms with Gasteiger partial charge in [-0.15, -0.1) is 0 Å². The first-order valence-electron chi connectivity index (χ1n) is 9.81. The fourth-order valence-corrected chi connectivity index (χ4v) is 4.11. The van der Waals surface area contributed by atoms with Gasteiger partial charge in [-0.1, -0.05) is 11.6 Å². The van der Waals surface area contributed by atoms with Crippen LogP contribution >= 0.6 is 11.6 Å². The molecule has 1 aliphatic heterocycles. The number of hydrogen-bond donors (Lipinski definition) is 0. The number of likely N-dealkylation sites (tertiary alicyclic amines) is 1. The molecule has 3 aromatic rings. The maximum absolute atomic E-state index is 12.7. The van der Waals surface area contributed by atoms with Crippen LogP contribution in [0.15, 0.2) is 46.1 Å². The minimum atomic E-state index is -4.47. The molecule has 0 aliphatic carbocycles. The number of fused-ring (bicyclic) bond motifs is 1. The minimum Gasteiger partial charge on any atom is -0.338 e. The number of benzene rings is 1. The first-order valence-corrected chi connectivity index (χ1v) is 10.2. The molecule has 168 valence electrons. The van der Waals surface area contributed by atoms with Crippen molar-refractivity contribution in [3.8, 4) is 0 Å². The van der Waals surface area contributed by atoms with E-state index in [0.717, 1.165) is 24.3 Å². The summed E-state index contributed by atoms with van der Waals surface area (Å²) >= 11 is 6.00. The zero-order valence-electron chi connectivity index (χ0n) is 16.9. The van der Waals surface area contributed by atoms with Gasteiger partial charge in [-0.3, -0.25) is 19.0 Å². The summed E-state index contributed by atoms with van der Waals surface area (Å²) < 4.78 is 40.8. The predicted molar refractivity (Wildman–Crippen MR) is 112 cm³/mol. The summed E-state index contributed by atoms with van der Waals surface area (Å²) in [5.74, 6) is -0.386. The lowest BCUT2D eigenvalue weighted by Crippen LogP contribution is -2.46. The van der Waals surface area contributed by atoms with E-state index in [4.69, 9.17) is 11.6 Å². The molecule has 4 rings (SSSR count). The molecule has 0 spiro atoms. The Hall–Kier alpha value is -3.14. The van der Waals surface area contributed by atoms with E-state index < -0.39 is 22.9 Å². The van der Waals surface area contributed by atoms with E-state index in [1.54, 1.807) is 6.07 Å². The molecule has 0 saturated carbocycles. The molecule has 0 unspecified atom stereocenters. The van der Waals surface area contributed by atoms with Crippen LogP contribution in [0, 0.1) is 0 Å². The van der Waals surface area contributed by atoms with Crippen LogP contribution in [-0.2, 0) is 13.2 Å². The summed E-state index contributed by atoms with van der Waals surface area (Å²) in [7, 11) is 1.47. The van der Waals surface area contributed by atoms with Crippen LogP contribution in [0.25, 0.3) is 11.2 Å². The monoisotopic (exact) mass is 466 g/mol. The minimum absolute atomic E-state index is 0.156. The van der Waals surface area contributed by atoms with Gasteiger partial charge in [0.25, 0.3) is 5.91 Å². The maximum Gasteiger partial charge on any atom is 0.416 e. The van der Waals surface area contributed by atoms with Gasteiger partial charge in [-0.2, -0.15) is 13.2 Å². The Morgan fingerprint density at radius 1 is 1.09 bits per heavy atom. The number of nitrogens with zero attached hydrogens (tertiary/aromatic N) is 4. The van der Waals surface area contributed by atoms with Crippen molar-refractivity contribution < 1.29 is 18.0 Å². The third-order valence-corrected chi connectivity index (χ3v) is 5.89. The summed E-state index contributed by atoms with van der Waals surface area (Å²) in [6.45, 7) is 0.558. The molecular weight excluding hydrogens is 449 g/mol. The molecule has 1 aliphatic rings. The van der Waals surface area contributed by atoms with Crippen LogP contribution in [0.4, 0.5) is 13.2 Å².